The van der Waals surface area contributed by atoms with Gasteiger partial charge in [0.1, 0.15) is 11.5 Å². The fourth-order valence-corrected chi connectivity index (χ4v) is 3.33. The Morgan fingerprint density at radius 1 is 0.931 bits per heavy atom. The first-order valence-electron chi connectivity index (χ1n) is 9.70. The number of carbonyl (C=O) groups excluding carboxylic acids is 2. The highest BCUT2D eigenvalue weighted by Gasteiger charge is 2.26. The number of ether oxygens (including phenoxy) is 2. The van der Waals surface area contributed by atoms with Gasteiger partial charge in [0, 0.05) is 38.8 Å². The third-order valence-electron chi connectivity index (χ3n) is 5.03. The first-order valence-corrected chi connectivity index (χ1v) is 9.70. The van der Waals surface area contributed by atoms with Gasteiger partial charge in [-0.15, -0.1) is 0 Å². The van der Waals surface area contributed by atoms with E-state index < -0.39 is 0 Å². The molecule has 0 saturated carbocycles. The van der Waals surface area contributed by atoms with Crippen LogP contribution in [0.2, 0.25) is 0 Å². The molecule has 0 aromatic heterocycles. The van der Waals surface area contributed by atoms with Gasteiger partial charge in [-0.2, -0.15) is 0 Å². The molecule has 2 aromatic carbocycles. The van der Waals surface area contributed by atoms with Crippen LogP contribution in [0.1, 0.15) is 15.9 Å². The van der Waals surface area contributed by atoms with E-state index >= 15 is 0 Å². The molecule has 0 aliphatic carbocycles. The maximum absolute atomic E-state index is 12.9. The predicted molar refractivity (Wildman–Crippen MR) is 111 cm³/mol. The van der Waals surface area contributed by atoms with Crippen LogP contribution in [-0.4, -0.2) is 68.7 Å². The standard InChI is InChI=1S/C22H27N3O4/c1-28-18-8-9-19(20(16-18)29-2)21(26)24-12-14-25(15-13-24)22(27)23-11-10-17-6-4-3-5-7-17/h3-9,16H,10-15H2,1-2H3,(H,23,27). The molecule has 0 atom stereocenters. The van der Waals surface area contributed by atoms with Crippen LogP contribution in [0.5, 0.6) is 11.5 Å². The van der Waals surface area contributed by atoms with Gasteiger partial charge in [0.05, 0.1) is 19.8 Å². The van der Waals surface area contributed by atoms with Crippen molar-refractivity contribution in [2.45, 2.75) is 6.42 Å². The molecule has 0 bridgehead atoms. The van der Waals surface area contributed by atoms with Crippen LogP contribution in [-0.2, 0) is 6.42 Å². The topological polar surface area (TPSA) is 71.1 Å². The van der Waals surface area contributed by atoms with Gasteiger partial charge < -0.3 is 24.6 Å². The van der Waals surface area contributed by atoms with Crippen molar-refractivity contribution in [3.05, 3.63) is 59.7 Å². The van der Waals surface area contributed by atoms with Crippen molar-refractivity contribution in [3.8, 4) is 11.5 Å². The van der Waals surface area contributed by atoms with Crippen LogP contribution >= 0.6 is 0 Å². The zero-order chi connectivity index (χ0) is 20.6. The highest BCUT2D eigenvalue weighted by Crippen LogP contribution is 2.26. The Labute approximate surface area is 171 Å². The number of rotatable bonds is 6. The van der Waals surface area contributed by atoms with Gasteiger partial charge in [-0.3, -0.25) is 4.79 Å². The second kappa shape index (κ2) is 9.82. The average Bonchev–Trinajstić information content (AvgIpc) is 2.78. The van der Waals surface area contributed by atoms with Crippen LogP contribution in [0.3, 0.4) is 0 Å². The molecule has 29 heavy (non-hydrogen) atoms. The summed E-state index contributed by atoms with van der Waals surface area (Å²) in [5.74, 6) is 1.01. The number of methoxy groups -OCH3 is 2. The van der Waals surface area contributed by atoms with Gasteiger partial charge in [-0.25, -0.2) is 4.79 Å². The van der Waals surface area contributed by atoms with Crippen molar-refractivity contribution < 1.29 is 19.1 Å². The van der Waals surface area contributed by atoms with Crippen molar-refractivity contribution in [2.24, 2.45) is 0 Å². The molecule has 1 N–H and O–H groups in total. The number of amides is 3. The van der Waals surface area contributed by atoms with Crippen LogP contribution in [0.15, 0.2) is 48.5 Å². The van der Waals surface area contributed by atoms with Gasteiger partial charge in [0.2, 0.25) is 0 Å². The number of hydrogen-bond acceptors (Lipinski definition) is 4. The minimum atomic E-state index is -0.103. The summed E-state index contributed by atoms with van der Waals surface area (Å²) in [5.41, 5.74) is 1.69. The Bertz CT molecular complexity index is 833. The summed E-state index contributed by atoms with van der Waals surface area (Å²) in [7, 11) is 3.10. The van der Waals surface area contributed by atoms with Gasteiger partial charge in [-0.1, -0.05) is 30.3 Å². The minimum Gasteiger partial charge on any atom is -0.497 e. The number of carbonyl (C=O) groups is 2. The number of nitrogens with one attached hydrogen (secondary N) is 1. The predicted octanol–water partition coefficient (Wildman–Crippen LogP) is 2.41. The third-order valence-corrected chi connectivity index (χ3v) is 5.03. The maximum atomic E-state index is 12.9. The van der Waals surface area contributed by atoms with E-state index in [1.54, 1.807) is 35.1 Å². The summed E-state index contributed by atoms with van der Waals surface area (Å²) in [6.45, 7) is 2.56. The zero-order valence-electron chi connectivity index (χ0n) is 16.9. The van der Waals surface area contributed by atoms with E-state index in [2.05, 4.69) is 5.32 Å². The summed E-state index contributed by atoms with van der Waals surface area (Å²) < 4.78 is 10.5. The Balaban J connectivity index is 1.49. The zero-order valence-corrected chi connectivity index (χ0v) is 16.9. The summed E-state index contributed by atoms with van der Waals surface area (Å²) in [6, 6.07) is 15.1. The lowest BCUT2D eigenvalue weighted by molar-refractivity contribution is 0.0662. The largest absolute Gasteiger partial charge is 0.497 e. The average molecular weight is 397 g/mol. The van der Waals surface area contributed by atoms with E-state index in [1.165, 1.54) is 12.7 Å². The van der Waals surface area contributed by atoms with Gasteiger partial charge >= 0.3 is 6.03 Å². The molecule has 154 valence electrons. The van der Waals surface area contributed by atoms with Gasteiger partial charge in [0.25, 0.3) is 5.91 Å². The molecule has 0 spiro atoms. The summed E-state index contributed by atoms with van der Waals surface area (Å²) in [6.07, 6.45) is 0.794. The number of nitrogens with zero attached hydrogens (tertiary/aromatic N) is 2. The van der Waals surface area contributed by atoms with E-state index in [1.807, 2.05) is 30.3 Å². The summed E-state index contributed by atoms with van der Waals surface area (Å²) in [5, 5.41) is 2.96. The number of piperazine rings is 1. The first-order chi connectivity index (χ1) is 14.1. The van der Waals surface area contributed by atoms with Crippen molar-refractivity contribution >= 4 is 11.9 Å². The molecule has 3 amide bonds. The molecule has 1 saturated heterocycles. The first kappa shape index (κ1) is 20.5. The molecule has 7 heteroatoms. The number of hydrogen-bond donors (Lipinski definition) is 1. The lowest BCUT2D eigenvalue weighted by Crippen LogP contribution is -2.53. The Morgan fingerprint density at radius 3 is 2.28 bits per heavy atom. The maximum Gasteiger partial charge on any atom is 0.317 e. The fraction of sp³-hybridized carbons (Fsp3) is 0.364. The molecule has 3 rings (SSSR count). The molecular weight excluding hydrogens is 370 g/mol. The monoisotopic (exact) mass is 397 g/mol. The Hall–Kier alpha value is -3.22. The summed E-state index contributed by atoms with van der Waals surface area (Å²) in [4.78, 5) is 28.8. The quantitative estimate of drug-likeness (QED) is 0.813. The highest BCUT2D eigenvalue weighted by molar-refractivity contribution is 5.97. The van der Waals surface area contributed by atoms with Crippen LogP contribution < -0.4 is 14.8 Å². The second-order valence-corrected chi connectivity index (χ2v) is 6.81. The van der Waals surface area contributed by atoms with Crippen molar-refractivity contribution in [1.82, 2.24) is 15.1 Å². The van der Waals surface area contributed by atoms with Crippen molar-refractivity contribution in [1.29, 1.82) is 0 Å². The Kier molecular flexibility index (Phi) is 6.94. The SMILES string of the molecule is COc1ccc(C(=O)N2CCN(C(=O)NCCc3ccccc3)CC2)c(OC)c1. The second-order valence-electron chi connectivity index (χ2n) is 6.81. The molecule has 0 radical (unpaired) electrons. The number of benzene rings is 2. The van der Waals surface area contributed by atoms with E-state index in [-0.39, 0.29) is 11.9 Å². The molecule has 0 unspecified atom stereocenters. The van der Waals surface area contributed by atoms with Gasteiger partial charge in [-0.05, 0) is 24.1 Å². The molecular formula is C22H27N3O4. The lowest BCUT2D eigenvalue weighted by Gasteiger charge is -2.35. The minimum absolute atomic E-state index is 0.0879. The normalized spacial score (nSPS) is 13.7. The van der Waals surface area contributed by atoms with E-state index in [9.17, 15) is 9.59 Å². The molecule has 1 aliphatic heterocycles. The van der Waals surface area contributed by atoms with Gasteiger partial charge in [0.15, 0.2) is 0 Å². The smallest absolute Gasteiger partial charge is 0.317 e. The van der Waals surface area contributed by atoms with Crippen LogP contribution in [0.4, 0.5) is 4.79 Å². The molecule has 1 aliphatic rings. The van der Waals surface area contributed by atoms with E-state index in [4.69, 9.17) is 9.47 Å². The lowest BCUT2D eigenvalue weighted by atomic mass is 10.1. The summed E-state index contributed by atoms with van der Waals surface area (Å²) >= 11 is 0. The van der Waals surface area contributed by atoms with Crippen molar-refractivity contribution in [2.75, 3.05) is 46.9 Å². The van der Waals surface area contributed by atoms with E-state index in [0.717, 1.165) is 6.42 Å². The fourth-order valence-electron chi connectivity index (χ4n) is 3.33. The molecule has 2 aromatic rings. The molecule has 1 heterocycles. The molecule has 7 nitrogen and oxygen atoms in total. The highest BCUT2D eigenvalue weighted by atomic mass is 16.5. The van der Waals surface area contributed by atoms with E-state index in [0.29, 0.717) is 49.8 Å². The number of urea groups is 1. The third kappa shape index (κ3) is 5.19. The van der Waals surface area contributed by atoms with Crippen molar-refractivity contribution in [3.63, 3.8) is 0 Å². The van der Waals surface area contributed by atoms with Crippen LogP contribution in [0.25, 0.3) is 0 Å². The Morgan fingerprint density at radius 2 is 1.62 bits per heavy atom. The van der Waals surface area contributed by atoms with Crippen LogP contribution in [0, 0.1) is 0 Å². The molecule has 1 fully saturated rings.